The van der Waals surface area contributed by atoms with Gasteiger partial charge in [-0.2, -0.15) is 30.7 Å². The maximum Gasteiger partial charge on any atom is 0.388 e. The molecule has 6 N–H and O–H groups in total. The van der Waals surface area contributed by atoms with Gasteiger partial charge in [0.15, 0.2) is 0 Å². The van der Waals surface area contributed by atoms with Crippen molar-refractivity contribution in [2.24, 2.45) is 0 Å². The van der Waals surface area contributed by atoms with Gasteiger partial charge in [0.2, 0.25) is 5.67 Å². The lowest BCUT2D eigenvalue weighted by molar-refractivity contribution is -0.419. The van der Waals surface area contributed by atoms with Gasteiger partial charge in [0, 0.05) is 17.7 Å². The number of allylic oxidation sites excluding steroid dienone is 1. The summed E-state index contributed by atoms with van der Waals surface area (Å²) in [5, 5.41) is 19.0. The van der Waals surface area contributed by atoms with E-state index < -0.39 is 68.9 Å². The molecular weight excluding hydrogens is 544 g/mol. The van der Waals surface area contributed by atoms with Crippen molar-refractivity contribution >= 4 is 17.5 Å². The number of benzene rings is 3. The summed E-state index contributed by atoms with van der Waals surface area (Å²) in [6.45, 7) is 0. The number of fused-ring (bicyclic) bond motifs is 3. The molecule has 2 aliphatic rings. The third kappa shape index (κ3) is 3.26. The van der Waals surface area contributed by atoms with Gasteiger partial charge in [0.25, 0.3) is 0 Å². The van der Waals surface area contributed by atoms with Gasteiger partial charge >= 0.3 is 23.6 Å². The van der Waals surface area contributed by atoms with Gasteiger partial charge in [0.05, 0.1) is 16.9 Å². The minimum Gasteiger partial charge on any atom is -0.506 e. The Kier molecular flexibility index (Phi) is 5.27. The summed E-state index contributed by atoms with van der Waals surface area (Å²) in [6.07, 6.45) is 0.0948. The van der Waals surface area contributed by atoms with E-state index in [2.05, 4.69) is 4.74 Å². The number of nitrogen functional groups attached to an aromatic ring is 2. The average molecular weight is 560 g/mol. The van der Waals surface area contributed by atoms with Crippen LogP contribution in [0.3, 0.4) is 0 Å². The Morgan fingerprint density at radius 2 is 1.15 bits per heavy atom. The molecule has 1 fully saturated rings. The third-order valence-electron chi connectivity index (χ3n) is 6.53. The van der Waals surface area contributed by atoms with Crippen LogP contribution in [-0.4, -0.2) is 33.8 Å². The number of hydrogen-bond donors (Lipinski definition) is 4. The van der Waals surface area contributed by atoms with Crippen molar-refractivity contribution < 1.29 is 54.8 Å². The van der Waals surface area contributed by atoms with Crippen molar-refractivity contribution in [3.8, 4) is 28.7 Å². The van der Waals surface area contributed by atoms with Crippen LogP contribution in [-0.2, 0) is 5.67 Å². The van der Waals surface area contributed by atoms with E-state index in [0.717, 1.165) is 24.3 Å². The van der Waals surface area contributed by atoms with E-state index in [1.807, 2.05) is 0 Å². The molecule has 3 aromatic rings. The van der Waals surface area contributed by atoms with Crippen molar-refractivity contribution in [2.75, 3.05) is 11.5 Å². The number of phenols is 2. The predicted molar refractivity (Wildman–Crippen MR) is 122 cm³/mol. The topological polar surface area (TPSA) is 111 Å². The van der Waals surface area contributed by atoms with Crippen molar-refractivity contribution in [2.45, 2.75) is 29.3 Å². The minimum atomic E-state index is -6.30. The standard InChI is InChI=1S/C25H16F8N2O4/c26-21-15-8-12(38-13-3-5-18(36)16(34)9-13)2-1-11(15)7-20(21)22(27,28)24(31,32)25(33,23(21,29)30)39-14-4-6-19(37)17(35)10-14/h1-10,36-37H,34-35H2. The molecule has 39 heavy (non-hydrogen) atoms. The molecule has 0 radical (unpaired) electrons. The number of aromatic hydroxyl groups is 2. The molecule has 0 bridgehead atoms. The third-order valence-corrected chi connectivity index (χ3v) is 6.53. The monoisotopic (exact) mass is 560 g/mol. The SMILES string of the molecule is Nc1cc(Oc2ccc3c(c2)C2(F)C(=C3)C(F)(F)C(F)(F)C(F)(Oc3ccc(O)c(N)c3)C2(F)F)ccc1O. The lowest BCUT2D eigenvalue weighted by Gasteiger charge is -2.51. The van der Waals surface area contributed by atoms with E-state index in [1.165, 1.54) is 6.07 Å². The first-order chi connectivity index (χ1) is 18.0. The average Bonchev–Trinajstić information content (AvgIpc) is 3.17. The van der Waals surface area contributed by atoms with Crippen LogP contribution in [0.15, 0.2) is 60.2 Å². The van der Waals surface area contributed by atoms with Gasteiger partial charge in [0.1, 0.15) is 28.7 Å². The normalized spacial score (nSPS) is 25.8. The molecule has 2 atom stereocenters. The van der Waals surface area contributed by atoms with Crippen LogP contribution in [0, 0.1) is 0 Å². The maximum absolute atomic E-state index is 16.4. The first-order valence-electron chi connectivity index (χ1n) is 10.9. The second kappa shape index (κ2) is 7.83. The Morgan fingerprint density at radius 3 is 1.74 bits per heavy atom. The van der Waals surface area contributed by atoms with Gasteiger partial charge in [-0.3, -0.25) is 0 Å². The molecule has 0 heterocycles. The Morgan fingerprint density at radius 1 is 0.641 bits per heavy atom. The first-order valence-corrected chi connectivity index (χ1v) is 10.9. The van der Waals surface area contributed by atoms with Gasteiger partial charge in [-0.15, -0.1) is 0 Å². The highest BCUT2D eigenvalue weighted by Gasteiger charge is 2.94. The number of ether oxygens (including phenoxy) is 2. The predicted octanol–water partition coefficient (Wildman–Crippen LogP) is 6.28. The van der Waals surface area contributed by atoms with Crippen molar-refractivity contribution in [1.82, 2.24) is 0 Å². The number of rotatable bonds is 4. The highest BCUT2D eigenvalue weighted by atomic mass is 19.3. The van der Waals surface area contributed by atoms with Gasteiger partial charge in [-0.05, 0) is 48.0 Å². The molecule has 6 nitrogen and oxygen atoms in total. The highest BCUT2D eigenvalue weighted by Crippen LogP contribution is 2.71. The van der Waals surface area contributed by atoms with E-state index >= 15 is 26.3 Å². The van der Waals surface area contributed by atoms with Crippen LogP contribution >= 0.6 is 0 Å². The summed E-state index contributed by atoms with van der Waals surface area (Å²) in [4.78, 5) is 0. The zero-order valence-electron chi connectivity index (χ0n) is 19.2. The molecule has 2 aliphatic carbocycles. The molecule has 0 saturated heterocycles. The van der Waals surface area contributed by atoms with Gasteiger partial charge < -0.3 is 31.2 Å². The number of nitrogens with two attached hydrogens (primary N) is 2. The second-order valence-corrected chi connectivity index (χ2v) is 8.93. The highest BCUT2D eigenvalue weighted by molar-refractivity contribution is 5.74. The quantitative estimate of drug-likeness (QED) is 0.170. The fourth-order valence-electron chi connectivity index (χ4n) is 4.48. The molecule has 5 rings (SSSR count). The summed E-state index contributed by atoms with van der Waals surface area (Å²) in [6, 6.07) is 7.37. The molecular formula is C25H16F8N2O4. The zero-order chi connectivity index (χ0) is 28.8. The molecule has 1 saturated carbocycles. The van der Waals surface area contributed by atoms with Crippen LogP contribution in [0.4, 0.5) is 46.5 Å². The van der Waals surface area contributed by atoms with Crippen LogP contribution in [0.25, 0.3) is 6.08 Å². The summed E-state index contributed by atoms with van der Waals surface area (Å²) in [7, 11) is 0. The van der Waals surface area contributed by atoms with Crippen LogP contribution in [0.1, 0.15) is 11.1 Å². The summed E-state index contributed by atoms with van der Waals surface area (Å²) in [5.74, 6) is -26.8. The fourth-order valence-corrected chi connectivity index (χ4v) is 4.48. The summed E-state index contributed by atoms with van der Waals surface area (Å²) >= 11 is 0. The van der Waals surface area contributed by atoms with Crippen LogP contribution < -0.4 is 20.9 Å². The van der Waals surface area contributed by atoms with E-state index in [4.69, 9.17) is 16.2 Å². The smallest absolute Gasteiger partial charge is 0.388 e. The van der Waals surface area contributed by atoms with Crippen LogP contribution in [0.5, 0.6) is 28.7 Å². The van der Waals surface area contributed by atoms with Crippen molar-refractivity contribution in [1.29, 1.82) is 0 Å². The molecule has 206 valence electrons. The molecule has 3 aromatic carbocycles. The van der Waals surface area contributed by atoms with E-state index in [1.54, 1.807) is 0 Å². The van der Waals surface area contributed by atoms with Gasteiger partial charge in [-0.25, -0.2) is 4.39 Å². The number of hydrogen-bond acceptors (Lipinski definition) is 6. The van der Waals surface area contributed by atoms with E-state index in [9.17, 15) is 19.0 Å². The lowest BCUT2D eigenvalue weighted by Crippen LogP contribution is -2.77. The van der Waals surface area contributed by atoms with E-state index in [-0.39, 0.29) is 23.3 Å². The van der Waals surface area contributed by atoms with Crippen molar-refractivity contribution in [3.63, 3.8) is 0 Å². The number of halogens is 8. The molecule has 0 amide bonds. The molecule has 0 aliphatic heterocycles. The zero-order valence-corrected chi connectivity index (χ0v) is 19.2. The second-order valence-electron chi connectivity index (χ2n) is 8.93. The number of anilines is 2. The summed E-state index contributed by atoms with van der Waals surface area (Å²) in [5.41, 5.74) is 0.895. The fraction of sp³-hybridized carbons (Fsp3) is 0.200. The molecule has 2 unspecified atom stereocenters. The van der Waals surface area contributed by atoms with E-state index in [0.29, 0.717) is 24.3 Å². The largest absolute Gasteiger partial charge is 0.506 e. The molecule has 14 heteroatoms. The molecule has 0 spiro atoms. The minimum absolute atomic E-state index is 0.0929. The van der Waals surface area contributed by atoms with Gasteiger partial charge in [-0.1, -0.05) is 6.07 Å². The maximum atomic E-state index is 16.4. The first kappa shape index (κ1) is 26.3. The Bertz CT molecular complexity index is 1550. The van der Waals surface area contributed by atoms with Crippen LogP contribution in [0.2, 0.25) is 0 Å². The number of phenolic OH excluding ortho intramolecular Hbond substituents is 2. The van der Waals surface area contributed by atoms with Crippen molar-refractivity contribution in [3.05, 3.63) is 71.3 Å². The number of alkyl halides is 8. The Hall–Kier alpha value is -4.36. The lowest BCUT2D eigenvalue weighted by atomic mass is 9.70. The molecule has 0 aromatic heterocycles. The Labute approximate surface area is 213 Å². The Balaban J connectivity index is 1.65. The summed E-state index contributed by atoms with van der Waals surface area (Å²) < 4.78 is 133.